The van der Waals surface area contributed by atoms with E-state index in [1.54, 1.807) is 4.90 Å². The fraction of sp³-hybridized carbons (Fsp3) is 0.562. The van der Waals surface area contributed by atoms with Gasteiger partial charge in [-0.1, -0.05) is 18.2 Å². The lowest BCUT2D eigenvalue weighted by Gasteiger charge is -2.29. The second kappa shape index (κ2) is 6.03. The van der Waals surface area contributed by atoms with Gasteiger partial charge in [-0.05, 0) is 18.9 Å². The minimum absolute atomic E-state index is 0.0940. The van der Waals surface area contributed by atoms with Crippen LogP contribution in [0.5, 0.6) is 5.75 Å². The van der Waals surface area contributed by atoms with E-state index in [-0.39, 0.29) is 18.6 Å². The Labute approximate surface area is 136 Å². The second-order valence-electron chi connectivity index (χ2n) is 6.32. The summed E-state index contributed by atoms with van der Waals surface area (Å²) in [5, 5.41) is 2.58. The first-order chi connectivity index (χ1) is 10.9. The van der Waals surface area contributed by atoms with Crippen LogP contribution in [-0.2, 0) is 9.84 Å². The molecule has 1 N–H and O–H groups in total. The van der Waals surface area contributed by atoms with E-state index in [4.69, 9.17) is 4.74 Å². The molecule has 0 saturated carbocycles. The number of hydrogen-bond donors (Lipinski definition) is 1. The van der Waals surface area contributed by atoms with Crippen LogP contribution in [0.2, 0.25) is 0 Å². The monoisotopic (exact) mass is 338 g/mol. The third-order valence-electron chi connectivity index (χ3n) is 4.61. The number of nitrogens with one attached hydrogen (secondary N) is 1. The van der Waals surface area contributed by atoms with Crippen LogP contribution in [0.25, 0.3) is 0 Å². The van der Waals surface area contributed by atoms with Crippen LogP contribution < -0.4 is 10.1 Å². The van der Waals surface area contributed by atoms with Crippen LogP contribution in [0.15, 0.2) is 18.2 Å². The van der Waals surface area contributed by atoms with Crippen molar-refractivity contribution >= 4 is 15.9 Å². The van der Waals surface area contributed by atoms with Gasteiger partial charge in [-0.2, -0.15) is 0 Å². The maximum atomic E-state index is 12.5. The van der Waals surface area contributed by atoms with Crippen molar-refractivity contribution in [3.8, 4) is 5.75 Å². The normalized spacial score (nSPS) is 24.0. The molecule has 0 spiro atoms. The van der Waals surface area contributed by atoms with E-state index in [0.717, 1.165) is 16.9 Å². The number of fused-ring (bicyclic) bond motifs is 1. The van der Waals surface area contributed by atoms with Gasteiger partial charge in [-0.15, -0.1) is 0 Å². The molecule has 126 valence electrons. The van der Waals surface area contributed by atoms with Gasteiger partial charge in [-0.3, -0.25) is 0 Å². The fourth-order valence-electron chi connectivity index (χ4n) is 3.23. The number of carbonyl (C=O) groups is 1. The van der Waals surface area contributed by atoms with Gasteiger partial charge in [0.25, 0.3) is 0 Å². The summed E-state index contributed by atoms with van der Waals surface area (Å²) in [7, 11) is -3.10. The summed E-state index contributed by atoms with van der Waals surface area (Å²) >= 11 is 0. The molecular weight excluding hydrogens is 316 g/mol. The summed E-state index contributed by atoms with van der Waals surface area (Å²) in [6, 6.07) is 5.62. The van der Waals surface area contributed by atoms with E-state index in [1.165, 1.54) is 6.26 Å². The number of hydrogen-bond acceptors (Lipinski definition) is 4. The number of carbonyl (C=O) groups excluding carboxylic acids is 1. The Kier molecular flexibility index (Phi) is 4.23. The Morgan fingerprint density at radius 1 is 1.35 bits per heavy atom. The average Bonchev–Trinajstić information content (AvgIpc) is 2.98. The molecule has 23 heavy (non-hydrogen) atoms. The Balaban J connectivity index is 1.70. The van der Waals surface area contributed by atoms with Gasteiger partial charge >= 0.3 is 6.03 Å². The van der Waals surface area contributed by atoms with E-state index in [1.807, 2.05) is 25.1 Å². The van der Waals surface area contributed by atoms with Crippen LogP contribution in [0.4, 0.5) is 4.79 Å². The van der Waals surface area contributed by atoms with Crippen LogP contribution in [0.3, 0.4) is 0 Å². The molecular formula is C16H22N2O4S. The van der Waals surface area contributed by atoms with Crippen LogP contribution >= 0.6 is 0 Å². The number of sulfone groups is 1. The highest BCUT2D eigenvalue weighted by Crippen LogP contribution is 2.34. The van der Waals surface area contributed by atoms with Crippen molar-refractivity contribution in [2.75, 3.05) is 26.0 Å². The molecule has 6 nitrogen and oxygen atoms in total. The van der Waals surface area contributed by atoms with Gasteiger partial charge in [0.15, 0.2) is 9.84 Å². The molecule has 2 amide bonds. The van der Waals surface area contributed by atoms with Crippen LogP contribution in [-0.4, -0.2) is 50.6 Å². The molecule has 1 aromatic rings. The maximum Gasteiger partial charge on any atom is 0.317 e. The molecule has 2 atom stereocenters. The molecule has 2 aliphatic heterocycles. The van der Waals surface area contributed by atoms with E-state index >= 15 is 0 Å². The highest BCUT2D eigenvalue weighted by Gasteiger charge is 2.34. The molecule has 7 heteroatoms. The summed E-state index contributed by atoms with van der Waals surface area (Å²) in [5.74, 6) is 0.847. The number of benzene rings is 1. The van der Waals surface area contributed by atoms with Crippen LogP contribution in [0.1, 0.15) is 30.0 Å². The van der Waals surface area contributed by atoms with Gasteiger partial charge in [0.2, 0.25) is 0 Å². The molecule has 0 unspecified atom stereocenters. The molecule has 1 aromatic carbocycles. The van der Waals surface area contributed by atoms with Crippen molar-refractivity contribution in [2.24, 2.45) is 0 Å². The summed E-state index contributed by atoms with van der Waals surface area (Å²) in [6.45, 7) is 3.30. The Morgan fingerprint density at radius 2 is 2.13 bits per heavy atom. The minimum atomic E-state index is -3.10. The number of ether oxygens (including phenoxy) is 1. The SMILES string of the molecule is Cc1cccc2c1OCC[C@@H]2NC(=O)N1CC[C@H](S(C)(=O)=O)C1. The van der Waals surface area contributed by atoms with Crippen molar-refractivity contribution in [1.82, 2.24) is 10.2 Å². The van der Waals surface area contributed by atoms with Gasteiger partial charge in [0.1, 0.15) is 5.75 Å². The average molecular weight is 338 g/mol. The highest BCUT2D eigenvalue weighted by atomic mass is 32.2. The number of urea groups is 1. The van der Waals surface area contributed by atoms with Gasteiger partial charge in [-0.25, -0.2) is 13.2 Å². The second-order valence-corrected chi connectivity index (χ2v) is 8.64. The largest absolute Gasteiger partial charge is 0.493 e. The summed E-state index contributed by atoms with van der Waals surface area (Å²) < 4.78 is 28.9. The van der Waals surface area contributed by atoms with Crippen molar-refractivity contribution < 1.29 is 17.9 Å². The molecule has 1 fully saturated rings. The topological polar surface area (TPSA) is 75.7 Å². The molecule has 2 heterocycles. The third kappa shape index (κ3) is 3.29. The Bertz CT molecular complexity index is 717. The van der Waals surface area contributed by atoms with Crippen LogP contribution in [0, 0.1) is 6.92 Å². The number of amides is 2. The third-order valence-corrected chi connectivity index (χ3v) is 6.20. The number of para-hydroxylation sites is 1. The Hall–Kier alpha value is -1.76. The lowest BCUT2D eigenvalue weighted by Crippen LogP contribution is -2.42. The first-order valence-electron chi connectivity index (χ1n) is 7.83. The van der Waals surface area contributed by atoms with Gasteiger partial charge in [0, 0.05) is 31.3 Å². The molecule has 0 bridgehead atoms. The molecule has 0 aliphatic carbocycles. The number of aryl methyl sites for hydroxylation is 1. The number of nitrogens with zero attached hydrogens (tertiary/aromatic N) is 1. The molecule has 0 aromatic heterocycles. The predicted octanol–water partition coefficient (Wildman–Crippen LogP) is 1.65. The van der Waals surface area contributed by atoms with Gasteiger partial charge in [0.05, 0.1) is 17.9 Å². The summed E-state index contributed by atoms with van der Waals surface area (Å²) in [5.41, 5.74) is 2.04. The lowest BCUT2D eigenvalue weighted by molar-refractivity contribution is 0.195. The zero-order chi connectivity index (χ0) is 16.6. The minimum Gasteiger partial charge on any atom is -0.493 e. The van der Waals surface area contributed by atoms with E-state index in [2.05, 4.69) is 5.32 Å². The molecule has 2 aliphatic rings. The van der Waals surface area contributed by atoms with E-state index < -0.39 is 15.1 Å². The zero-order valence-electron chi connectivity index (χ0n) is 13.4. The first kappa shape index (κ1) is 16.1. The molecule has 1 saturated heterocycles. The molecule has 3 rings (SSSR count). The van der Waals surface area contributed by atoms with E-state index in [0.29, 0.717) is 26.0 Å². The zero-order valence-corrected chi connectivity index (χ0v) is 14.2. The van der Waals surface area contributed by atoms with Crippen molar-refractivity contribution in [2.45, 2.75) is 31.1 Å². The molecule has 0 radical (unpaired) electrons. The first-order valence-corrected chi connectivity index (χ1v) is 9.78. The number of rotatable bonds is 2. The predicted molar refractivity (Wildman–Crippen MR) is 87.4 cm³/mol. The highest BCUT2D eigenvalue weighted by molar-refractivity contribution is 7.91. The van der Waals surface area contributed by atoms with Crippen molar-refractivity contribution in [1.29, 1.82) is 0 Å². The number of likely N-dealkylation sites (tertiary alicyclic amines) is 1. The Morgan fingerprint density at radius 3 is 2.83 bits per heavy atom. The summed E-state index contributed by atoms with van der Waals surface area (Å²) in [6.07, 6.45) is 2.46. The van der Waals surface area contributed by atoms with E-state index in [9.17, 15) is 13.2 Å². The quantitative estimate of drug-likeness (QED) is 0.889. The summed E-state index contributed by atoms with van der Waals surface area (Å²) in [4.78, 5) is 14.1. The lowest BCUT2D eigenvalue weighted by atomic mass is 9.98. The maximum absolute atomic E-state index is 12.5. The standard InChI is InChI=1S/C16H22N2O4S/c1-11-4-3-5-13-14(7-9-22-15(11)13)17-16(19)18-8-6-12(10-18)23(2,20)21/h3-5,12,14H,6-10H2,1-2H3,(H,17,19)/t12-,14-/m0/s1. The van der Waals surface area contributed by atoms with Gasteiger partial charge < -0.3 is 15.0 Å². The van der Waals surface area contributed by atoms with Crippen molar-refractivity contribution in [3.05, 3.63) is 29.3 Å². The fourth-order valence-corrected chi connectivity index (χ4v) is 4.22. The van der Waals surface area contributed by atoms with Crippen molar-refractivity contribution in [3.63, 3.8) is 0 Å². The smallest absolute Gasteiger partial charge is 0.317 e.